The van der Waals surface area contributed by atoms with Crippen molar-refractivity contribution in [1.82, 2.24) is 9.13 Å². The van der Waals surface area contributed by atoms with Crippen LogP contribution < -0.4 is 22.3 Å². The number of anilines is 2. The number of nitrogens with two attached hydrogens (primary N) is 1. The Labute approximate surface area is 125 Å². The molecule has 1 aliphatic rings. The zero-order chi connectivity index (χ0) is 15.8. The lowest BCUT2D eigenvalue weighted by atomic mass is 9.70. The lowest BCUT2D eigenvalue weighted by Gasteiger charge is -2.38. The topological polar surface area (TPSA) is 82.0 Å². The number of nitrogens with one attached hydrogen (secondary N) is 1. The van der Waals surface area contributed by atoms with E-state index in [-0.39, 0.29) is 28.4 Å². The summed E-state index contributed by atoms with van der Waals surface area (Å²) >= 11 is 0. The zero-order valence-corrected chi connectivity index (χ0v) is 13.4. The monoisotopic (exact) mass is 294 g/mol. The fraction of sp³-hybridized carbons (Fsp3) is 0.733. The van der Waals surface area contributed by atoms with Crippen molar-refractivity contribution in [3.05, 3.63) is 20.8 Å². The second kappa shape index (κ2) is 5.58. The summed E-state index contributed by atoms with van der Waals surface area (Å²) < 4.78 is 2.61. The van der Waals surface area contributed by atoms with Crippen LogP contribution in [-0.4, -0.2) is 15.7 Å². The predicted octanol–water partition coefficient (Wildman–Crippen LogP) is 1.39. The number of aromatic nitrogens is 2. The SMILES string of the molecule is CC(C)Cn1c(N)c(NCC2(C)CCC2)c(=O)n(C)c1=O. The van der Waals surface area contributed by atoms with E-state index < -0.39 is 0 Å². The smallest absolute Gasteiger partial charge is 0.332 e. The normalized spacial score (nSPS) is 16.8. The van der Waals surface area contributed by atoms with Crippen molar-refractivity contribution in [1.29, 1.82) is 0 Å². The maximum Gasteiger partial charge on any atom is 0.332 e. The van der Waals surface area contributed by atoms with E-state index in [1.54, 1.807) is 0 Å². The Morgan fingerprint density at radius 1 is 1.33 bits per heavy atom. The van der Waals surface area contributed by atoms with Gasteiger partial charge in [-0.2, -0.15) is 0 Å². The number of nitrogen functional groups attached to an aromatic ring is 1. The molecule has 2 rings (SSSR count). The van der Waals surface area contributed by atoms with Crippen molar-refractivity contribution in [3.8, 4) is 0 Å². The predicted molar refractivity (Wildman–Crippen MR) is 85.6 cm³/mol. The molecule has 3 N–H and O–H groups in total. The first-order valence-corrected chi connectivity index (χ1v) is 7.58. The minimum atomic E-state index is -0.355. The first-order valence-electron chi connectivity index (χ1n) is 7.58. The Hall–Kier alpha value is -1.72. The summed E-state index contributed by atoms with van der Waals surface area (Å²) in [5.41, 5.74) is 5.96. The van der Waals surface area contributed by atoms with Gasteiger partial charge in [-0.25, -0.2) is 4.79 Å². The Bertz CT molecular complexity index is 638. The minimum absolute atomic E-state index is 0.233. The lowest BCUT2D eigenvalue weighted by molar-refractivity contribution is 0.180. The summed E-state index contributed by atoms with van der Waals surface area (Å²) in [6.45, 7) is 7.45. The summed E-state index contributed by atoms with van der Waals surface area (Å²) in [7, 11) is 1.50. The van der Waals surface area contributed by atoms with E-state index in [0.29, 0.717) is 18.8 Å². The van der Waals surface area contributed by atoms with Crippen LogP contribution in [0.3, 0.4) is 0 Å². The molecular weight excluding hydrogens is 268 g/mol. The van der Waals surface area contributed by atoms with Crippen molar-refractivity contribution in [3.63, 3.8) is 0 Å². The molecule has 1 aliphatic carbocycles. The Balaban J connectivity index is 2.37. The van der Waals surface area contributed by atoms with Gasteiger partial charge in [0.2, 0.25) is 0 Å². The third-order valence-corrected chi connectivity index (χ3v) is 4.38. The van der Waals surface area contributed by atoms with E-state index in [1.165, 1.54) is 18.0 Å². The van der Waals surface area contributed by atoms with Crippen molar-refractivity contribution in [2.75, 3.05) is 17.6 Å². The molecule has 1 aromatic rings. The highest BCUT2D eigenvalue weighted by molar-refractivity contribution is 5.60. The van der Waals surface area contributed by atoms with Crippen LogP contribution >= 0.6 is 0 Å². The Morgan fingerprint density at radius 3 is 2.43 bits per heavy atom. The lowest BCUT2D eigenvalue weighted by Crippen LogP contribution is -2.43. The molecule has 21 heavy (non-hydrogen) atoms. The van der Waals surface area contributed by atoms with Crippen molar-refractivity contribution < 1.29 is 0 Å². The van der Waals surface area contributed by atoms with E-state index in [4.69, 9.17) is 5.73 Å². The molecule has 6 heteroatoms. The number of nitrogens with zero attached hydrogens (tertiary/aromatic N) is 2. The third-order valence-electron chi connectivity index (χ3n) is 4.38. The number of hydrogen-bond donors (Lipinski definition) is 2. The fourth-order valence-corrected chi connectivity index (χ4v) is 2.75. The number of hydrogen-bond acceptors (Lipinski definition) is 4. The molecule has 6 nitrogen and oxygen atoms in total. The van der Waals surface area contributed by atoms with Crippen molar-refractivity contribution in [2.24, 2.45) is 18.4 Å². The molecule has 1 fully saturated rings. The largest absolute Gasteiger partial charge is 0.383 e. The maximum atomic E-state index is 12.3. The number of rotatable bonds is 5. The van der Waals surface area contributed by atoms with E-state index in [0.717, 1.165) is 17.4 Å². The van der Waals surface area contributed by atoms with Gasteiger partial charge in [0.1, 0.15) is 11.5 Å². The second-order valence-corrected chi connectivity index (χ2v) is 6.93. The molecule has 1 saturated carbocycles. The average Bonchev–Trinajstić information content (AvgIpc) is 2.39. The summed E-state index contributed by atoms with van der Waals surface area (Å²) in [4.78, 5) is 24.5. The molecule has 0 unspecified atom stereocenters. The first-order chi connectivity index (χ1) is 9.75. The van der Waals surface area contributed by atoms with Crippen LogP contribution in [0.2, 0.25) is 0 Å². The first kappa shape index (κ1) is 15.7. The minimum Gasteiger partial charge on any atom is -0.383 e. The van der Waals surface area contributed by atoms with Crippen LogP contribution in [0.5, 0.6) is 0 Å². The van der Waals surface area contributed by atoms with Gasteiger partial charge in [-0.1, -0.05) is 27.2 Å². The van der Waals surface area contributed by atoms with E-state index in [1.807, 2.05) is 13.8 Å². The van der Waals surface area contributed by atoms with Gasteiger partial charge < -0.3 is 11.1 Å². The van der Waals surface area contributed by atoms with Crippen LogP contribution in [-0.2, 0) is 13.6 Å². The average molecular weight is 294 g/mol. The molecule has 0 radical (unpaired) electrons. The Morgan fingerprint density at radius 2 is 1.95 bits per heavy atom. The fourth-order valence-electron chi connectivity index (χ4n) is 2.75. The zero-order valence-electron chi connectivity index (χ0n) is 13.4. The van der Waals surface area contributed by atoms with E-state index in [9.17, 15) is 9.59 Å². The third kappa shape index (κ3) is 2.99. The molecule has 1 aromatic heterocycles. The van der Waals surface area contributed by atoms with Gasteiger partial charge >= 0.3 is 5.69 Å². The maximum absolute atomic E-state index is 12.3. The molecule has 0 spiro atoms. The molecule has 1 heterocycles. The highest BCUT2D eigenvalue weighted by atomic mass is 16.2. The van der Waals surface area contributed by atoms with Gasteiger partial charge in [0.15, 0.2) is 0 Å². The van der Waals surface area contributed by atoms with E-state index in [2.05, 4.69) is 12.2 Å². The summed E-state index contributed by atoms with van der Waals surface area (Å²) in [5, 5.41) is 3.19. The standard InChI is InChI=1S/C15H26N4O2/c1-10(2)8-19-12(16)11(13(20)18(4)14(19)21)17-9-15(3)6-5-7-15/h10,17H,5-9,16H2,1-4H3. The van der Waals surface area contributed by atoms with Gasteiger partial charge in [0.05, 0.1) is 0 Å². The molecule has 0 amide bonds. The molecular formula is C15H26N4O2. The summed E-state index contributed by atoms with van der Waals surface area (Å²) in [5.74, 6) is 0.527. The Kier molecular flexibility index (Phi) is 4.16. The molecule has 0 aromatic carbocycles. The molecule has 0 bridgehead atoms. The van der Waals surface area contributed by atoms with Crippen molar-refractivity contribution >= 4 is 11.5 Å². The molecule has 0 saturated heterocycles. The molecule has 118 valence electrons. The van der Waals surface area contributed by atoms with Gasteiger partial charge in [0.25, 0.3) is 5.56 Å². The van der Waals surface area contributed by atoms with Gasteiger partial charge in [-0.3, -0.25) is 13.9 Å². The highest BCUT2D eigenvalue weighted by Crippen LogP contribution is 2.40. The highest BCUT2D eigenvalue weighted by Gasteiger charge is 2.32. The van der Waals surface area contributed by atoms with Gasteiger partial charge in [-0.05, 0) is 24.2 Å². The van der Waals surface area contributed by atoms with Crippen molar-refractivity contribution in [2.45, 2.75) is 46.6 Å². The van der Waals surface area contributed by atoms with Gasteiger partial charge in [-0.15, -0.1) is 0 Å². The van der Waals surface area contributed by atoms with E-state index >= 15 is 0 Å². The quantitative estimate of drug-likeness (QED) is 0.859. The van der Waals surface area contributed by atoms with Crippen LogP contribution in [0, 0.1) is 11.3 Å². The van der Waals surface area contributed by atoms with Crippen LogP contribution in [0.15, 0.2) is 9.59 Å². The molecule has 0 atom stereocenters. The van der Waals surface area contributed by atoms with Gasteiger partial charge in [0, 0.05) is 20.1 Å². The van der Waals surface area contributed by atoms with Crippen LogP contribution in [0.4, 0.5) is 11.5 Å². The summed E-state index contributed by atoms with van der Waals surface area (Å²) in [6, 6.07) is 0. The van der Waals surface area contributed by atoms with Crippen LogP contribution in [0.1, 0.15) is 40.0 Å². The second-order valence-electron chi connectivity index (χ2n) is 6.93. The van der Waals surface area contributed by atoms with Crippen LogP contribution in [0.25, 0.3) is 0 Å². The summed E-state index contributed by atoms with van der Waals surface area (Å²) in [6.07, 6.45) is 3.55. The molecule has 0 aliphatic heterocycles.